The van der Waals surface area contributed by atoms with Crippen LogP contribution in [0.4, 0.5) is 0 Å². The van der Waals surface area contributed by atoms with Gasteiger partial charge in [0, 0.05) is 26.2 Å². The van der Waals surface area contributed by atoms with Gasteiger partial charge in [-0.1, -0.05) is 25.1 Å². The molecular weight excluding hydrogens is 288 g/mol. The van der Waals surface area contributed by atoms with Gasteiger partial charge in [0.1, 0.15) is 0 Å². The molecule has 21 heavy (non-hydrogen) atoms. The second-order valence-electron chi connectivity index (χ2n) is 5.09. The van der Waals surface area contributed by atoms with E-state index in [2.05, 4.69) is 5.32 Å². The van der Waals surface area contributed by atoms with Crippen molar-refractivity contribution >= 4 is 10.0 Å². The van der Waals surface area contributed by atoms with Crippen LogP contribution in [0.15, 0.2) is 29.2 Å². The summed E-state index contributed by atoms with van der Waals surface area (Å²) < 4.78 is 32.3. The van der Waals surface area contributed by atoms with Crippen LogP contribution in [0.3, 0.4) is 0 Å². The first kappa shape index (κ1) is 18.1. The highest BCUT2D eigenvalue weighted by molar-refractivity contribution is 7.89. The molecule has 0 heterocycles. The summed E-state index contributed by atoms with van der Waals surface area (Å²) in [7, 11) is -1.95. The van der Waals surface area contributed by atoms with Crippen LogP contribution in [0.1, 0.15) is 26.3 Å². The molecule has 0 saturated heterocycles. The summed E-state index contributed by atoms with van der Waals surface area (Å²) in [5.41, 5.74) is 0.794. The molecule has 0 aromatic heterocycles. The van der Waals surface area contributed by atoms with Gasteiger partial charge < -0.3 is 10.1 Å². The van der Waals surface area contributed by atoms with Gasteiger partial charge in [-0.3, -0.25) is 0 Å². The number of methoxy groups -OCH3 is 1. The van der Waals surface area contributed by atoms with Gasteiger partial charge in [-0.05, 0) is 32.0 Å². The molecule has 1 N–H and O–H groups in total. The predicted molar refractivity (Wildman–Crippen MR) is 84.7 cm³/mol. The number of rotatable bonds is 9. The lowest BCUT2D eigenvalue weighted by Gasteiger charge is -2.26. The van der Waals surface area contributed by atoms with E-state index in [-0.39, 0.29) is 6.04 Å². The van der Waals surface area contributed by atoms with Crippen molar-refractivity contribution < 1.29 is 13.2 Å². The summed E-state index contributed by atoms with van der Waals surface area (Å²) in [5, 5.41) is 3.18. The molecule has 0 atom stereocenters. The molecule has 0 fully saturated rings. The Kier molecular flexibility index (Phi) is 7.31. The van der Waals surface area contributed by atoms with Gasteiger partial charge in [-0.2, -0.15) is 4.31 Å². The zero-order chi connectivity index (χ0) is 15.9. The summed E-state index contributed by atoms with van der Waals surface area (Å²) in [4.78, 5) is 0.371. The molecule has 1 aromatic rings. The maximum absolute atomic E-state index is 12.9. The second-order valence-corrected chi connectivity index (χ2v) is 6.95. The number of ether oxygens (including phenoxy) is 1. The minimum Gasteiger partial charge on any atom is -0.383 e. The number of nitrogens with one attached hydrogen (secondary N) is 1. The predicted octanol–water partition coefficient (Wildman–Crippen LogP) is 1.84. The van der Waals surface area contributed by atoms with Crippen LogP contribution in [0, 0.1) is 0 Å². The lowest BCUT2D eigenvalue weighted by Crippen LogP contribution is -2.39. The van der Waals surface area contributed by atoms with Gasteiger partial charge in [0.25, 0.3) is 0 Å². The minimum atomic E-state index is -3.52. The summed E-state index contributed by atoms with van der Waals surface area (Å²) in [6, 6.07) is 7.03. The molecule has 0 amide bonds. The minimum absolute atomic E-state index is 0.114. The van der Waals surface area contributed by atoms with Crippen molar-refractivity contribution in [2.45, 2.75) is 38.3 Å². The van der Waals surface area contributed by atoms with Crippen LogP contribution in [0.5, 0.6) is 0 Å². The fourth-order valence-corrected chi connectivity index (χ4v) is 3.97. The zero-order valence-corrected chi connectivity index (χ0v) is 14.1. The van der Waals surface area contributed by atoms with E-state index >= 15 is 0 Å². The maximum Gasteiger partial charge on any atom is 0.243 e. The summed E-state index contributed by atoms with van der Waals surface area (Å²) in [6.07, 6.45) is 0. The summed E-state index contributed by atoms with van der Waals surface area (Å²) in [6.45, 7) is 7.82. The number of benzene rings is 1. The van der Waals surface area contributed by atoms with E-state index in [1.54, 1.807) is 19.2 Å². The van der Waals surface area contributed by atoms with Crippen LogP contribution in [0.25, 0.3) is 0 Å². The molecule has 120 valence electrons. The van der Waals surface area contributed by atoms with Gasteiger partial charge in [-0.15, -0.1) is 0 Å². The van der Waals surface area contributed by atoms with Crippen LogP contribution in [-0.2, 0) is 21.3 Å². The average Bonchev–Trinajstić information content (AvgIpc) is 2.45. The van der Waals surface area contributed by atoms with Crippen molar-refractivity contribution in [2.75, 3.05) is 26.8 Å². The highest BCUT2D eigenvalue weighted by atomic mass is 32.2. The van der Waals surface area contributed by atoms with Gasteiger partial charge >= 0.3 is 0 Å². The van der Waals surface area contributed by atoms with Crippen LogP contribution < -0.4 is 5.32 Å². The van der Waals surface area contributed by atoms with Crippen LogP contribution in [0.2, 0.25) is 0 Å². The molecule has 0 spiro atoms. The Labute approximate surface area is 128 Å². The Balaban J connectivity index is 3.15. The number of sulfonamides is 1. The zero-order valence-electron chi connectivity index (χ0n) is 13.3. The number of nitrogens with zero attached hydrogens (tertiary/aromatic N) is 1. The third-order valence-corrected chi connectivity index (χ3v) is 5.39. The van der Waals surface area contributed by atoms with Crippen molar-refractivity contribution in [2.24, 2.45) is 0 Å². The molecule has 0 saturated carbocycles. The third kappa shape index (κ3) is 4.78. The van der Waals surface area contributed by atoms with E-state index < -0.39 is 10.0 Å². The number of hydrogen-bond donors (Lipinski definition) is 1. The first-order valence-electron chi connectivity index (χ1n) is 7.24. The fraction of sp³-hybridized carbons (Fsp3) is 0.600. The molecule has 1 rings (SSSR count). The van der Waals surface area contributed by atoms with Crippen molar-refractivity contribution in [3.63, 3.8) is 0 Å². The van der Waals surface area contributed by atoms with Gasteiger partial charge in [-0.25, -0.2) is 8.42 Å². The smallest absolute Gasteiger partial charge is 0.243 e. The van der Waals surface area contributed by atoms with Crippen molar-refractivity contribution in [1.29, 1.82) is 0 Å². The largest absolute Gasteiger partial charge is 0.383 e. The lowest BCUT2D eigenvalue weighted by atomic mass is 10.2. The third-order valence-electron chi connectivity index (χ3n) is 3.22. The second kappa shape index (κ2) is 8.48. The molecule has 6 heteroatoms. The van der Waals surface area contributed by atoms with E-state index in [1.807, 2.05) is 32.9 Å². The topological polar surface area (TPSA) is 58.6 Å². The Morgan fingerprint density at radius 1 is 1.29 bits per heavy atom. The Hall–Kier alpha value is -0.950. The Morgan fingerprint density at radius 3 is 2.52 bits per heavy atom. The monoisotopic (exact) mass is 314 g/mol. The standard InChI is InChI=1S/C15H26N2O3S/c1-5-16-12-14-8-6-7-9-15(14)21(18,19)17(13(2)3)10-11-20-4/h6-9,13,16H,5,10-12H2,1-4H3. The van der Waals surface area contributed by atoms with E-state index in [1.165, 1.54) is 4.31 Å². The van der Waals surface area contributed by atoms with Gasteiger partial charge in [0.05, 0.1) is 11.5 Å². The van der Waals surface area contributed by atoms with Gasteiger partial charge in [0.2, 0.25) is 10.0 Å². The average molecular weight is 314 g/mol. The summed E-state index contributed by atoms with van der Waals surface area (Å²) in [5.74, 6) is 0. The molecule has 0 unspecified atom stereocenters. The Morgan fingerprint density at radius 2 is 1.95 bits per heavy atom. The molecule has 5 nitrogen and oxygen atoms in total. The molecule has 0 aliphatic rings. The molecule has 1 aromatic carbocycles. The summed E-state index contributed by atoms with van der Waals surface area (Å²) >= 11 is 0. The van der Waals surface area contributed by atoms with Crippen LogP contribution in [-0.4, -0.2) is 45.6 Å². The van der Waals surface area contributed by atoms with Gasteiger partial charge in [0.15, 0.2) is 0 Å². The molecular formula is C15H26N2O3S. The highest BCUT2D eigenvalue weighted by Crippen LogP contribution is 2.22. The van der Waals surface area contributed by atoms with E-state index in [4.69, 9.17) is 4.74 Å². The van der Waals surface area contributed by atoms with E-state index in [9.17, 15) is 8.42 Å². The molecule has 0 aliphatic carbocycles. The highest BCUT2D eigenvalue weighted by Gasteiger charge is 2.28. The fourth-order valence-electron chi connectivity index (χ4n) is 2.12. The van der Waals surface area contributed by atoms with Crippen molar-refractivity contribution in [1.82, 2.24) is 9.62 Å². The molecule has 0 bridgehead atoms. The van der Waals surface area contributed by atoms with Crippen LogP contribution >= 0.6 is 0 Å². The molecule has 0 aliphatic heterocycles. The van der Waals surface area contributed by atoms with E-state index in [0.717, 1.165) is 12.1 Å². The number of hydrogen-bond acceptors (Lipinski definition) is 4. The lowest BCUT2D eigenvalue weighted by molar-refractivity contribution is 0.171. The first-order chi connectivity index (χ1) is 9.95. The normalized spacial score (nSPS) is 12.3. The maximum atomic E-state index is 12.9. The van der Waals surface area contributed by atoms with Crippen molar-refractivity contribution in [3.05, 3.63) is 29.8 Å². The Bertz CT molecular complexity index is 529. The molecule has 0 radical (unpaired) electrons. The van der Waals surface area contributed by atoms with E-state index in [0.29, 0.717) is 24.6 Å². The van der Waals surface area contributed by atoms with Crippen molar-refractivity contribution in [3.8, 4) is 0 Å². The SMILES string of the molecule is CCNCc1ccccc1S(=O)(=O)N(CCOC)C(C)C. The first-order valence-corrected chi connectivity index (χ1v) is 8.68. The quantitative estimate of drug-likeness (QED) is 0.755.